The van der Waals surface area contributed by atoms with Crippen molar-refractivity contribution >= 4 is 11.9 Å². The molecule has 21 heavy (non-hydrogen) atoms. The van der Waals surface area contributed by atoms with Crippen LogP contribution in [0.3, 0.4) is 0 Å². The maximum atomic E-state index is 11.9. The van der Waals surface area contributed by atoms with Gasteiger partial charge in [-0.1, -0.05) is 6.07 Å². The number of carboxylic acid groups (broad SMARTS) is 1. The van der Waals surface area contributed by atoms with Crippen molar-refractivity contribution in [1.82, 2.24) is 0 Å². The molecule has 0 bridgehead atoms. The SMILES string of the molecule is O=C(Oc1cccc(O)c1C(=O)O)c1cc(O)ccc1O. The molecule has 0 aliphatic heterocycles. The molecule has 0 spiro atoms. The van der Waals surface area contributed by atoms with E-state index in [0.717, 1.165) is 18.2 Å². The summed E-state index contributed by atoms with van der Waals surface area (Å²) in [4.78, 5) is 22.9. The number of hydrogen-bond donors (Lipinski definition) is 4. The Morgan fingerprint density at radius 2 is 1.67 bits per heavy atom. The highest BCUT2D eigenvalue weighted by molar-refractivity contribution is 5.98. The van der Waals surface area contributed by atoms with Crippen molar-refractivity contribution < 1.29 is 34.8 Å². The van der Waals surface area contributed by atoms with E-state index in [4.69, 9.17) is 9.84 Å². The number of ether oxygens (including phenoxy) is 1. The summed E-state index contributed by atoms with van der Waals surface area (Å²) in [7, 11) is 0. The van der Waals surface area contributed by atoms with Crippen molar-refractivity contribution in [3.63, 3.8) is 0 Å². The van der Waals surface area contributed by atoms with E-state index in [1.165, 1.54) is 18.2 Å². The van der Waals surface area contributed by atoms with Gasteiger partial charge < -0.3 is 25.2 Å². The summed E-state index contributed by atoms with van der Waals surface area (Å²) in [6.07, 6.45) is 0. The number of aromatic hydroxyl groups is 3. The average Bonchev–Trinajstić information content (AvgIpc) is 2.41. The van der Waals surface area contributed by atoms with E-state index in [9.17, 15) is 24.9 Å². The number of aromatic carboxylic acids is 1. The van der Waals surface area contributed by atoms with Crippen molar-refractivity contribution in [2.75, 3.05) is 0 Å². The number of benzene rings is 2. The van der Waals surface area contributed by atoms with E-state index in [1.807, 2.05) is 0 Å². The lowest BCUT2D eigenvalue weighted by atomic mass is 10.1. The van der Waals surface area contributed by atoms with Gasteiger partial charge in [-0.2, -0.15) is 0 Å². The normalized spacial score (nSPS) is 10.1. The standard InChI is InChI=1S/C14H10O7/c15-7-4-5-9(16)8(6-7)14(20)21-11-3-1-2-10(17)12(11)13(18)19/h1-6,15-17H,(H,18,19). The third-order valence-electron chi connectivity index (χ3n) is 2.62. The van der Waals surface area contributed by atoms with Crippen LogP contribution in [-0.4, -0.2) is 32.4 Å². The van der Waals surface area contributed by atoms with Gasteiger partial charge in [0.15, 0.2) is 0 Å². The van der Waals surface area contributed by atoms with Gasteiger partial charge in [0.05, 0.1) is 0 Å². The Kier molecular flexibility index (Phi) is 3.66. The average molecular weight is 290 g/mol. The third kappa shape index (κ3) is 2.86. The van der Waals surface area contributed by atoms with Crippen LogP contribution >= 0.6 is 0 Å². The number of hydrogen-bond acceptors (Lipinski definition) is 6. The summed E-state index contributed by atoms with van der Waals surface area (Å²) < 4.78 is 4.86. The van der Waals surface area contributed by atoms with Crippen LogP contribution in [0.1, 0.15) is 20.7 Å². The van der Waals surface area contributed by atoms with E-state index in [1.54, 1.807) is 0 Å². The fourth-order valence-electron chi connectivity index (χ4n) is 1.66. The second kappa shape index (κ2) is 5.41. The monoisotopic (exact) mass is 290 g/mol. The minimum Gasteiger partial charge on any atom is -0.508 e. The summed E-state index contributed by atoms with van der Waals surface area (Å²) in [6, 6.07) is 6.84. The first-order valence-electron chi connectivity index (χ1n) is 5.69. The van der Waals surface area contributed by atoms with Crippen molar-refractivity contribution in [2.24, 2.45) is 0 Å². The van der Waals surface area contributed by atoms with E-state index in [0.29, 0.717) is 0 Å². The molecule has 0 aliphatic carbocycles. The van der Waals surface area contributed by atoms with Crippen LogP contribution in [0, 0.1) is 0 Å². The lowest BCUT2D eigenvalue weighted by Crippen LogP contribution is -2.11. The first-order chi connectivity index (χ1) is 9.90. The Bertz CT molecular complexity index is 721. The van der Waals surface area contributed by atoms with Gasteiger partial charge in [-0.15, -0.1) is 0 Å². The van der Waals surface area contributed by atoms with Gasteiger partial charge in [0.2, 0.25) is 0 Å². The minimum atomic E-state index is -1.48. The van der Waals surface area contributed by atoms with Gasteiger partial charge in [0, 0.05) is 0 Å². The second-order valence-electron chi connectivity index (χ2n) is 4.05. The van der Waals surface area contributed by atoms with E-state index in [-0.39, 0.29) is 17.1 Å². The van der Waals surface area contributed by atoms with Crippen molar-refractivity contribution in [3.8, 4) is 23.0 Å². The highest BCUT2D eigenvalue weighted by atomic mass is 16.5. The molecule has 2 rings (SSSR count). The largest absolute Gasteiger partial charge is 0.508 e. The number of phenolic OH excluding ortho intramolecular Hbond substituents is 2. The summed E-state index contributed by atoms with van der Waals surface area (Å²) >= 11 is 0. The van der Waals surface area contributed by atoms with E-state index in [2.05, 4.69) is 0 Å². The van der Waals surface area contributed by atoms with Crippen molar-refractivity contribution in [1.29, 1.82) is 0 Å². The van der Waals surface area contributed by atoms with Crippen LogP contribution in [0.25, 0.3) is 0 Å². The maximum Gasteiger partial charge on any atom is 0.347 e. The minimum absolute atomic E-state index is 0.269. The summed E-state index contributed by atoms with van der Waals surface area (Å²) in [5.41, 5.74) is -0.917. The molecule has 2 aromatic rings. The molecule has 4 N–H and O–H groups in total. The highest BCUT2D eigenvalue weighted by Crippen LogP contribution is 2.29. The number of esters is 1. The second-order valence-corrected chi connectivity index (χ2v) is 4.05. The van der Waals surface area contributed by atoms with Gasteiger partial charge in [-0.3, -0.25) is 0 Å². The van der Waals surface area contributed by atoms with Crippen molar-refractivity contribution in [3.05, 3.63) is 47.5 Å². The van der Waals surface area contributed by atoms with Gasteiger partial charge in [0.1, 0.15) is 34.1 Å². The molecular weight excluding hydrogens is 280 g/mol. The molecule has 0 heterocycles. The number of rotatable bonds is 3. The quantitative estimate of drug-likeness (QED) is 0.385. The number of carboxylic acids is 1. The van der Waals surface area contributed by atoms with Gasteiger partial charge >= 0.3 is 11.9 Å². The molecule has 0 radical (unpaired) electrons. The molecule has 2 aromatic carbocycles. The molecule has 0 aliphatic rings. The lowest BCUT2D eigenvalue weighted by molar-refractivity contribution is 0.0677. The Morgan fingerprint density at radius 1 is 0.952 bits per heavy atom. The number of carbonyl (C=O) groups excluding carboxylic acids is 1. The Morgan fingerprint density at radius 3 is 2.33 bits per heavy atom. The molecular formula is C14H10O7. The van der Waals surface area contributed by atoms with Gasteiger partial charge in [0.25, 0.3) is 0 Å². The Labute approximate surface area is 118 Å². The van der Waals surface area contributed by atoms with Crippen LogP contribution in [0.2, 0.25) is 0 Å². The topological polar surface area (TPSA) is 124 Å². The maximum absolute atomic E-state index is 11.9. The smallest absolute Gasteiger partial charge is 0.347 e. The number of phenols is 3. The predicted molar refractivity (Wildman–Crippen MR) is 69.8 cm³/mol. The van der Waals surface area contributed by atoms with Crippen LogP contribution in [0.5, 0.6) is 23.0 Å². The van der Waals surface area contributed by atoms with Crippen LogP contribution in [0.15, 0.2) is 36.4 Å². The fraction of sp³-hybridized carbons (Fsp3) is 0. The van der Waals surface area contributed by atoms with Gasteiger partial charge in [-0.25, -0.2) is 9.59 Å². The molecule has 0 aromatic heterocycles. The summed E-state index contributed by atoms with van der Waals surface area (Å²) in [5.74, 6) is -4.19. The third-order valence-corrected chi connectivity index (χ3v) is 2.62. The molecule has 108 valence electrons. The highest BCUT2D eigenvalue weighted by Gasteiger charge is 2.21. The van der Waals surface area contributed by atoms with Crippen molar-refractivity contribution in [2.45, 2.75) is 0 Å². The van der Waals surface area contributed by atoms with Gasteiger partial charge in [-0.05, 0) is 30.3 Å². The molecule has 0 unspecified atom stereocenters. The molecule has 0 atom stereocenters. The molecule has 0 saturated heterocycles. The summed E-state index contributed by atoms with van der Waals surface area (Å²) in [6.45, 7) is 0. The molecule has 0 amide bonds. The van der Waals surface area contributed by atoms with Crippen LogP contribution in [0.4, 0.5) is 0 Å². The molecule has 7 heteroatoms. The first kappa shape index (κ1) is 14.2. The van der Waals surface area contributed by atoms with E-state index >= 15 is 0 Å². The summed E-state index contributed by atoms with van der Waals surface area (Å²) in [5, 5.41) is 37.3. The molecule has 0 fully saturated rings. The Balaban J connectivity index is 2.39. The van der Waals surface area contributed by atoms with Crippen LogP contribution in [-0.2, 0) is 0 Å². The Hall–Kier alpha value is -3.22. The molecule has 7 nitrogen and oxygen atoms in total. The predicted octanol–water partition coefficient (Wildman–Crippen LogP) is 1.72. The zero-order chi connectivity index (χ0) is 15.6. The van der Waals surface area contributed by atoms with Crippen LogP contribution < -0.4 is 4.74 Å². The zero-order valence-electron chi connectivity index (χ0n) is 10.5. The molecule has 0 saturated carbocycles. The fourth-order valence-corrected chi connectivity index (χ4v) is 1.66. The lowest BCUT2D eigenvalue weighted by Gasteiger charge is -2.09. The number of carbonyl (C=O) groups is 2. The first-order valence-corrected chi connectivity index (χ1v) is 5.69. The van der Waals surface area contributed by atoms with E-state index < -0.39 is 29.0 Å². The zero-order valence-corrected chi connectivity index (χ0v) is 10.5.